The number of rotatable bonds is 5. The smallest absolute Gasteiger partial charge is 0.422 e. The number of hydrogen-bond donors (Lipinski definition) is 2. The van der Waals surface area contributed by atoms with E-state index in [2.05, 4.69) is 19.3 Å². The van der Waals surface area contributed by atoms with Crippen LogP contribution >= 0.6 is 0 Å². The highest BCUT2D eigenvalue weighted by molar-refractivity contribution is 7.87. The van der Waals surface area contributed by atoms with Crippen molar-refractivity contribution in [1.29, 1.82) is 0 Å². The molecule has 0 atom stereocenters. The van der Waals surface area contributed by atoms with Gasteiger partial charge in [-0.05, 0) is 0 Å². The molecule has 0 aromatic heterocycles. The Bertz CT molecular complexity index is 272. The van der Waals surface area contributed by atoms with Gasteiger partial charge in [-0.3, -0.25) is 0 Å². The highest BCUT2D eigenvalue weighted by Crippen LogP contribution is 1.92. The van der Waals surface area contributed by atoms with Crippen molar-refractivity contribution in [1.82, 2.24) is 4.72 Å². The Morgan fingerprint density at radius 1 is 1.43 bits per heavy atom. The van der Waals surface area contributed by atoms with Crippen molar-refractivity contribution in [2.75, 3.05) is 20.8 Å². The molecule has 0 unspecified atom stereocenters. The molecule has 0 aromatic rings. The molecule has 0 bridgehead atoms. The molecule has 0 radical (unpaired) electrons. The molecule has 0 aliphatic rings. The highest BCUT2D eigenvalue weighted by Gasteiger charge is 2.13. The summed E-state index contributed by atoms with van der Waals surface area (Å²) in [4.78, 5) is 10.7. The molecular weight excluding hydrogens is 216 g/mol. The van der Waals surface area contributed by atoms with Gasteiger partial charge in [-0.1, -0.05) is 0 Å². The monoisotopic (exact) mass is 228 g/mol. The fourth-order valence-electron chi connectivity index (χ4n) is 0.522. The van der Waals surface area contributed by atoms with Gasteiger partial charge in [-0.2, -0.15) is 8.42 Å². The lowest BCUT2D eigenvalue weighted by atomic mass is 10.7. The van der Waals surface area contributed by atoms with Crippen LogP contribution < -0.4 is 9.86 Å². The van der Waals surface area contributed by atoms with Gasteiger partial charge in [0.2, 0.25) is 0 Å². The molecule has 9 heteroatoms. The molecule has 0 heterocycles. The highest BCUT2D eigenvalue weighted by atomic mass is 32.2. The first-order chi connectivity index (χ1) is 6.39. The van der Waals surface area contributed by atoms with Crippen LogP contribution in [0.2, 0.25) is 0 Å². The Kier molecular flexibility index (Phi) is 5.38. The molecule has 0 saturated carbocycles. The predicted molar refractivity (Wildman–Crippen MR) is 45.4 cm³/mol. The van der Waals surface area contributed by atoms with Crippen LogP contribution in [-0.2, 0) is 24.4 Å². The van der Waals surface area contributed by atoms with E-state index in [1.54, 1.807) is 0 Å². The fraction of sp³-hybridized carbons (Fsp3) is 0.800. The third-order valence-electron chi connectivity index (χ3n) is 1.10. The van der Waals surface area contributed by atoms with Crippen molar-refractivity contribution in [3.05, 3.63) is 0 Å². The van der Waals surface area contributed by atoms with Crippen LogP contribution in [0.5, 0.6) is 0 Å². The lowest BCUT2D eigenvalue weighted by Gasteiger charge is -2.12. The average Bonchev–Trinajstić information content (AvgIpc) is 2.03. The molecule has 0 aliphatic heterocycles. The number of nitrogens with two attached hydrogens (primary N) is 1. The van der Waals surface area contributed by atoms with Gasteiger partial charge in [0.25, 0.3) is 0 Å². The van der Waals surface area contributed by atoms with Crippen LogP contribution in [0.25, 0.3) is 0 Å². The van der Waals surface area contributed by atoms with Gasteiger partial charge >= 0.3 is 16.3 Å². The number of carbonyl (C=O) groups is 1. The molecule has 1 amide bonds. The summed E-state index contributed by atoms with van der Waals surface area (Å²) in [7, 11) is -1.41. The molecule has 3 N–H and O–H groups in total. The Morgan fingerprint density at radius 2 is 1.93 bits per heavy atom. The van der Waals surface area contributed by atoms with Crippen molar-refractivity contribution in [3.8, 4) is 0 Å². The van der Waals surface area contributed by atoms with Crippen molar-refractivity contribution < 1.29 is 27.4 Å². The molecule has 0 aliphatic carbocycles. The predicted octanol–water partition coefficient (Wildman–Crippen LogP) is -1.46. The lowest BCUT2D eigenvalue weighted by molar-refractivity contribution is -0.127. The Balaban J connectivity index is 3.85. The Hall–Kier alpha value is -0.900. The maximum absolute atomic E-state index is 10.7. The zero-order valence-corrected chi connectivity index (χ0v) is 8.54. The third kappa shape index (κ3) is 6.60. The third-order valence-corrected chi connectivity index (χ3v) is 1.55. The van der Waals surface area contributed by atoms with Crippen molar-refractivity contribution in [2.45, 2.75) is 6.29 Å². The fourth-order valence-corrected chi connectivity index (χ4v) is 0.813. The van der Waals surface area contributed by atoms with E-state index in [4.69, 9.17) is 0 Å². The van der Waals surface area contributed by atoms with Crippen molar-refractivity contribution in [3.63, 3.8) is 0 Å². The lowest BCUT2D eigenvalue weighted by Crippen LogP contribution is -2.37. The van der Waals surface area contributed by atoms with Gasteiger partial charge in [-0.15, -0.1) is 0 Å². The van der Waals surface area contributed by atoms with E-state index in [9.17, 15) is 13.2 Å². The normalized spacial score (nSPS) is 11.4. The minimum absolute atomic E-state index is 0.242. The Morgan fingerprint density at radius 3 is 2.29 bits per heavy atom. The first-order valence-corrected chi connectivity index (χ1v) is 4.96. The largest absolute Gasteiger partial charge is 0.443 e. The van der Waals surface area contributed by atoms with Crippen LogP contribution in [0, 0.1) is 0 Å². The van der Waals surface area contributed by atoms with Crippen molar-refractivity contribution >= 4 is 16.3 Å². The minimum Gasteiger partial charge on any atom is -0.443 e. The topological polar surface area (TPSA) is 117 Å². The molecule has 0 spiro atoms. The second kappa shape index (κ2) is 5.75. The molecule has 0 aromatic carbocycles. The van der Waals surface area contributed by atoms with E-state index in [1.165, 1.54) is 18.9 Å². The molecule has 14 heavy (non-hydrogen) atoms. The molecule has 0 saturated heterocycles. The number of hydrogen-bond acceptors (Lipinski definition) is 6. The van der Waals surface area contributed by atoms with Crippen LogP contribution in [0.3, 0.4) is 0 Å². The number of amides is 1. The van der Waals surface area contributed by atoms with Gasteiger partial charge in [0.05, 0.1) is 0 Å². The summed E-state index contributed by atoms with van der Waals surface area (Å²) >= 11 is 0. The summed E-state index contributed by atoms with van der Waals surface area (Å²) in [6, 6.07) is 0. The number of carbonyl (C=O) groups excluding carboxylic acids is 1. The number of methoxy groups -OCH3 is 2. The van der Waals surface area contributed by atoms with E-state index in [1.807, 2.05) is 0 Å². The quantitative estimate of drug-likeness (QED) is 0.555. The standard InChI is InChI=1S/C5H12N2O6S/c1-11-4(12-2)3-13-5(8)7-14(6,9)10/h4H,3H2,1-2H3,(H,7,8)(H2,6,9,10). The molecule has 0 rings (SSSR count). The van der Waals surface area contributed by atoms with Gasteiger partial charge in [-0.25, -0.2) is 14.7 Å². The first-order valence-electron chi connectivity index (χ1n) is 3.42. The zero-order chi connectivity index (χ0) is 11.2. The van der Waals surface area contributed by atoms with Crippen LogP contribution in [0.1, 0.15) is 0 Å². The summed E-state index contributed by atoms with van der Waals surface area (Å²) < 4.78 is 35.8. The zero-order valence-electron chi connectivity index (χ0n) is 7.72. The van der Waals surface area contributed by atoms with E-state index in [0.717, 1.165) is 0 Å². The molecular formula is C5H12N2O6S. The summed E-state index contributed by atoms with van der Waals surface area (Å²) in [6.45, 7) is -0.242. The molecule has 0 fully saturated rings. The van der Waals surface area contributed by atoms with E-state index in [0.29, 0.717) is 0 Å². The number of ether oxygens (including phenoxy) is 3. The van der Waals surface area contributed by atoms with E-state index in [-0.39, 0.29) is 6.61 Å². The van der Waals surface area contributed by atoms with Gasteiger partial charge in [0.15, 0.2) is 6.29 Å². The van der Waals surface area contributed by atoms with Crippen LogP contribution in [-0.4, -0.2) is 41.6 Å². The summed E-state index contributed by atoms with van der Waals surface area (Å²) in [5.41, 5.74) is 0. The van der Waals surface area contributed by atoms with E-state index >= 15 is 0 Å². The number of nitrogens with one attached hydrogen (secondary N) is 1. The minimum atomic E-state index is -4.09. The van der Waals surface area contributed by atoms with Crippen LogP contribution in [0.4, 0.5) is 4.79 Å². The van der Waals surface area contributed by atoms with Gasteiger partial charge in [0.1, 0.15) is 6.61 Å². The SMILES string of the molecule is COC(COC(=O)NS(N)(=O)=O)OC. The maximum Gasteiger partial charge on any atom is 0.422 e. The van der Waals surface area contributed by atoms with Crippen LogP contribution in [0.15, 0.2) is 0 Å². The summed E-state index contributed by atoms with van der Waals surface area (Å²) in [5, 5.41) is 4.51. The molecule has 8 nitrogen and oxygen atoms in total. The second-order valence-electron chi connectivity index (χ2n) is 2.15. The Labute approximate surface area is 81.5 Å². The summed E-state index contributed by atoms with van der Waals surface area (Å²) in [6.07, 6.45) is -1.94. The summed E-state index contributed by atoms with van der Waals surface area (Å²) in [5.74, 6) is 0. The van der Waals surface area contributed by atoms with E-state index < -0.39 is 22.6 Å². The van der Waals surface area contributed by atoms with Crippen molar-refractivity contribution in [2.24, 2.45) is 5.14 Å². The maximum atomic E-state index is 10.7. The van der Waals surface area contributed by atoms with Gasteiger partial charge in [0, 0.05) is 14.2 Å². The van der Waals surface area contributed by atoms with Gasteiger partial charge < -0.3 is 14.2 Å². The molecule has 84 valence electrons. The second-order valence-corrected chi connectivity index (χ2v) is 3.44. The first kappa shape index (κ1) is 13.1. The average molecular weight is 228 g/mol.